The Morgan fingerprint density at radius 2 is 1.00 bits per heavy atom. The number of benzene rings is 4. The molecule has 1 aliphatic rings. The molecule has 0 bridgehead atoms. The molecule has 0 saturated heterocycles. The van der Waals surface area contributed by atoms with Gasteiger partial charge in [0, 0.05) is 16.7 Å². The Morgan fingerprint density at radius 1 is 0.577 bits per heavy atom. The minimum absolute atomic E-state index is 0.846. The number of hydrogen-bond acceptors (Lipinski definition) is 0. The monoisotopic (exact) mass is 734 g/mol. The van der Waals surface area contributed by atoms with Crippen LogP contribution in [0, 0.1) is 11.8 Å². The quantitative estimate of drug-likeness (QED) is 0.0660. The first-order valence-corrected chi connectivity index (χ1v) is 21.0. The average molecular weight is 736 g/mol. The van der Waals surface area contributed by atoms with Crippen LogP contribution in [0.3, 0.4) is 0 Å². The summed E-state index contributed by atoms with van der Waals surface area (Å²) in [4.78, 5) is 0. The summed E-state index contributed by atoms with van der Waals surface area (Å²) in [5, 5.41) is 2.23. The summed E-state index contributed by atoms with van der Waals surface area (Å²) in [6.45, 7) is 17.6. The first-order valence-electron chi connectivity index (χ1n) is 19.6. The van der Waals surface area contributed by atoms with Crippen molar-refractivity contribution in [3.8, 4) is 11.8 Å². The van der Waals surface area contributed by atoms with E-state index in [0.717, 1.165) is 96.7 Å². The Kier molecular flexibility index (Phi) is 16.4. The molecule has 0 unspecified atom stereocenters. The van der Waals surface area contributed by atoms with Crippen molar-refractivity contribution in [2.75, 3.05) is 0 Å². The Hall–Kier alpha value is -3.99. The summed E-state index contributed by atoms with van der Waals surface area (Å²) in [5.41, 5.74) is 29.4. The van der Waals surface area contributed by atoms with Crippen molar-refractivity contribution >= 4 is 11.4 Å². The molecule has 0 spiro atoms. The summed E-state index contributed by atoms with van der Waals surface area (Å²) in [6.07, 6.45) is 9.10. The zero-order valence-corrected chi connectivity index (χ0v) is 34.1. The molecule has 5 rings (SSSR count). The molecular formula is C49H60N2Ni. The second-order valence-corrected chi connectivity index (χ2v) is 14.6. The van der Waals surface area contributed by atoms with E-state index >= 15 is 0 Å². The Labute approximate surface area is 322 Å². The third-order valence-electron chi connectivity index (χ3n) is 10.0. The van der Waals surface area contributed by atoms with Crippen molar-refractivity contribution in [1.82, 2.24) is 0 Å². The van der Waals surface area contributed by atoms with E-state index in [-0.39, 0.29) is 0 Å². The van der Waals surface area contributed by atoms with Crippen LogP contribution in [0.15, 0.2) is 96.1 Å². The number of aryl methyl sites for hydroxylation is 4. The fraction of sp³-hybridized carbons (Fsp3) is 0.388. The van der Waals surface area contributed by atoms with Gasteiger partial charge in [-0.1, -0.05) is 60.8 Å². The molecule has 4 aromatic carbocycles. The molecule has 0 N–H and O–H groups in total. The topological polar surface area (TPSA) is 25.3 Å². The van der Waals surface area contributed by atoms with Gasteiger partial charge < -0.3 is 5.53 Å². The molecule has 1 heterocycles. The molecule has 2 nitrogen and oxygen atoms in total. The van der Waals surface area contributed by atoms with E-state index in [1.807, 2.05) is 6.92 Å². The molecule has 0 atom stereocenters. The third kappa shape index (κ3) is 9.91. The minimum atomic E-state index is 0.846. The SMILES string of the molecule is CC#CC1=C(c2cc(CC)c(CC)c(CC)c2)[N+](=[N-])C(c2cc(CC)c(CC)c(CC)c2)=C1CCCC.c1ccc([CH2][Ni][CH2]c2ccccc2)cc1. The van der Waals surface area contributed by atoms with Crippen molar-refractivity contribution in [2.24, 2.45) is 0 Å². The van der Waals surface area contributed by atoms with Gasteiger partial charge in [0.1, 0.15) is 5.57 Å². The van der Waals surface area contributed by atoms with Gasteiger partial charge in [0.25, 0.3) is 0 Å². The van der Waals surface area contributed by atoms with Crippen LogP contribution in [-0.2, 0) is 63.7 Å². The zero-order valence-electron chi connectivity index (χ0n) is 33.1. The van der Waals surface area contributed by atoms with Gasteiger partial charge in [-0.15, -0.1) is 5.92 Å². The van der Waals surface area contributed by atoms with Gasteiger partial charge >= 0.3 is 97.0 Å². The second kappa shape index (κ2) is 20.9. The van der Waals surface area contributed by atoms with E-state index in [1.54, 1.807) is 14.4 Å². The van der Waals surface area contributed by atoms with Crippen molar-refractivity contribution in [3.05, 3.63) is 157 Å². The van der Waals surface area contributed by atoms with Gasteiger partial charge in [0.15, 0.2) is 0 Å². The molecule has 0 aromatic heterocycles. The summed E-state index contributed by atoms with van der Waals surface area (Å²) >= 11 is 1.78. The van der Waals surface area contributed by atoms with Crippen LogP contribution in [0.2, 0.25) is 0 Å². The van der Waals surface area contributed by atoms with Gasteiger partial charge in [-0.05, 0) is 116 Å². The maximum atomic E-state index is 12.0. The molecule has 0 saturated carbocycles. The molecule has 276 valence electrons. The van der Waals surface area contributed by atoms with Crippen LogP contribution < -0.4 is 0 Å². The van der Waals surface area contributed by atoms with Crippen molar-refractivity contribution in [1.29, 1.82) is 0 Å². The second-order valence-electron chi connectivity index (χ2n) is 13.4. The molecule has 0 amide bonds. The fourth-order valence-electron chi connectivity index (χ4n) is 7.39. The van der Waals surface area contributed by atoms with Gasteiger partial charge in [-0.3, -0.25) is 0 Å². The molecular weight excluding hydrogens is 675 g/mol. The van der Waals surface area contributed by atoms with Crippen LogP contribution in [0.4, 0.5) is 0 Å². The van der Waals surface area contributed by atoms with E-state index in [4.69, 9.17) is 0 Å². The molecule has 1 aliphatic heterocycles. The van der Waals surface area contributed by atoms with Gasteiger partial charge in [0.2, 0.25) is 11.4 Å². The van der Waals surface area contributed by atoms with Crippen molar-refractivity contribution in [3.63, 3.8) is 0 Å². The molecule has 0 fully saturated rings. The molecule has 3 heteroatoms. The number of rotatable bonds is 15. The van der Waals surface area contributed by atoms with Gasteiger partial charge in [-0.25, -0.2) is 4.70 Å². The summed E-state index contributed by atoms with van der Waals surface area (Å²) in [6, 6.07) is 30.5. The summed E-state index contributed by atoms with van der Waals surface area (Å²) in [7, 11) is 0. The first kappa shape index (κ1) is 40.8. The molecule has 0 radical (unpaired) electrons. The third-order valence-corrected chi connectivity index (χ3v) is 11.3. The Morgan fingerprint density at radius 3 is 1.37 bits per heavy atom. The Bertz CT molecular complexity index is 1830. The first-order chi connectivity index (χ1) is 25.4. The summed E-state index contributed by atoms with van der Waals surface area (Å²) < 4.78 is 1.48. The fourth-order valence-corrected chi connectivity index (χ4v) is 8.55. The zero-order chi connectivity index (χ0) is 37.5. The van der Waals surface area contributed by atoms with E-state index in [9.17, 15) is 5.53 Å². The van der Waals surface area contributed by atoms with Crippen LogP contribution in [-0.4, -0.2) is 4.70 Å². The van der Waals surface area contributed by atoms with Crippen LogP contribution in [0.1, 0.15) is 130 Å². The normalized spacial score (nSPS) is 12.6. The number of allylic oxidation sites excluding steroid dienone is 2. The summed E-state index contributed by atoms with van der Waals surface area (Å²) in [5.74, 6) is 6.61. The van der Waals surface area contributed by atoms with Crippen molar-refractivity contribution < 1.29 is 19.1 Å². The van der Waals surface area contributed by atoms with Crippen molar-refractivity contribution in [2.45, 2.75) is 124 Å². The molecule has 0 aliphatic carbocycles. The van der Waals surface area contributed by atoms with E-state index < -0.39 is 0 Å². The average Bonchev–Trinajstić information content (AvgIpc) is 3.46. The molecule has 52 heavy (non-hydrogen) atoms. The van der Waals surface area contributed by atoms with Gasteiger partial charge in [-0.2, -0.15) is 0 Å². The van der Waals surface area contributed by atoms with E-state index in [0.29, 0.717) is 0 Å². The van der Waals surface area contributed by atoms with Crippen LogP contribution in [0.5, 0.6) is 0 Å². The molecule has 4 aromatic rings. The predicted octanol–water partition coefficient (Wildman–Crippen LogP) is 12.9. The number of hydrogen-bond donors (Lipinski definition) is 0. The van der Waals surface area contributed by atoms with E-state index in [2.05, 4.69) is 145 Å². The van der Waals surface area contributed by atoms with Gasteiger partial charge in [0.05, 0.1) is 0 Å². The van der Waals surface area contributed by atoms with Crippen LogP contribution >= 0.6 is 0 Å². The maximum absolute atomic E-state index is 12.0. The number of unbranched alkanes of at least 4 members (excludes halogenated alkanes) is 1. The standard InChI is InChI=1S/C35H46N2.2C7H7.Ni/c1-9-17-19-33-32(18-10-2)34(28-20-24(11-3)30(15-7)25(12-4)21-28)37(36)35(33)29-22-26(13-5)31(16-8)27(14-6)23-29;2*1-7-5-3-2-4-6-7;/h20-23H,9,11-17,19H2,1-8H3;2*2-6H,1H2;. The predicted molar refractivity (Wildman–Crippen MR) is 220 cm³/mol. The van der Waals surface area contributed by atoms with E-state index in [1.165, 1.54) is 54.8 Å². The number of nitrogens with zero attached hydrogens (tertiary/aromatic N) is 2. The van der Waals surface area contributed by atoms with Crippen LogP contribution in [0.25, 0.3) is 16.9 Å². The Balaban J connectivity index is 0.000000334.